The van der Waals surface area contributed by atoms with Gasteiger partial charge in [-0.1, -0.05) is 12.1 Å². The number of benzene rings is 2. The smallest absolute Gasteiger partial charge is 0.257 e. The Bertz CT molecular complexity index is 938. The van der Waals surface area contributed by atoms with Gasteiger partial charge in [-0.3, -0.25) is 10.1 Å². The maximum atomic E-state index is 13.5. The van der Waals surface area contributed by atoms with Crippen LogP contribution in [-0.4, -0.2) is 23.6 Å². The Morgan fingerprint density at radius 1 is 1.10 bits per heavy atom. The highest BCUT2D eigenvalue weighted by Gasteiger charge is 2.26. The predicted molar refractivity (Wildman–Crippen MR) is 113 cm³/mol. The average Bonchev–Trinajstić information content (AvgIpc) is 3.11. The second-order valence-electron chi connectivity index (χ2n) is 8.42. The second kappa shape index (κ2) is 8.89. The highest BCUT2D eigenvalue weighted by molar-refractivity contribution is 6.06. The standard InChI is InChI=1S/C22H27F2N5O/c1-13-11-15(7-10-17(13)24)20(30)26-21(27-22(2,3)4)25-19-12-18(28-29-19)14-5-8-16(23)9-6-14/h5-11,18-19,28-29H,12H2,1-4H3,(H2,25,26,27,30). The number of hydrogen-bond acceptors (Lipinski definition) is 4. The molecule has 0 bridgehead atoms. The van der Waals surface area contributed by atoms with Gasteiger partial charge in [0.25, 0.3) is 5.91 Å². The zero-order valence-corrected chi connectivity index (χ0v) is 17.5. The first kappa shape index (κ1) is 21.9. The van der Waals surface area contributed by atoms with E-state index in [1.54, 1.807) is 19.1 Å². The maximum absolute atomic E-state index is 13.5. The molecular formula is C22H27F2N5O. The molecule has 0 aromatic heterocycles. The van der Waals surface area contributed by atoms with Crippen LogP contribution < -0.4 is 21.5 Å². The van der Waals surface area contributed by atoms with Crippen molar-refractivity contribution in [2.45, 2.75) is 51.9 Å². The Morgan fingerprint density at radius 2 is 1.80 bits per heavy atom. The van der Waals surface area contributed by atoms with Gasteiger partial charge in [0.2, 0.25) is 0 Å². The Hall–Kier alpha value is -2.84. The van der Waals surface area contributed by atoms with E-state index in [2.05, 4.69) is 26.5 Å². The molecule has 0 radical (unpaired) electrons. The number of halogens is 2. The van der Waals surface area contributed by atoms with Crippen LogP contribution in [0.4, 0.5) is 8.78 Å². The molecule has 1 aliphatic rings. The summed E-state index contributed by atoms with van der Waals surface area (Å²) in [5.74, 6) is -0.709. The molecule has 2 unspecified atom stereocenters. The van der Waals surface area contributed by atoms with E-state index in [-0.39, 0.29) is 35.3 Å². The molecule has 1 heterocycles. The van der Waals surface area contributed by atoms with Crippen molar-refractivity contribution in [3.05, 3.63) is 70.8 Å². The van der Waals surface area contributed by atoms with E-state index in [0.717, 1.165) is 5.56 Å². The van der Waals surface area contributed by atoms with E-state index < -0.39 is 0 Å². The molecule has 1 amide bonds. The van der Waals surface area contributed by atoms with Crippen molar-refractivity contribution >= 4 is 11.9 Å². The zero-order chi connectivity index (χ0) is 21.9. The molecule has 4 N–H and O–H groups in total. The van der Waals surface area contributed by atoms with Gasteiger partial charge in [-0.15, -0.1) is 0 Å². The third-order valence-corrected chi connectivity index (χ3v) is 4.59. The molecule has 2 aromatic carbocycles. The average molecular weight is 415 g/mol. The third kappa shape index (κ3) is 5.84. The van der Waals surface area contributed by atoms with Crippen molar-refractivity contribution in [2.24, 2.45) is 4.99 Å². The SMILES string of the molecule is Cc1cc(C(=O)NC(=NC2CC(c3ccc(F)cc3)NN2)NC(C)(C)C)ccc1F. The first-order valence-electron chi connectivity index (χ1n) is 9.81. The molecule has 160 valence electrons. The van der Waals surface area contributed by atoms with Crippen LogP contribution in [0.25, 0.3) is 0 Å². The van der Waals surface area contributed by atoms with E-state index in [9.17, 15) is 13.6 Å². The third-order valence-electron chi connectivity index (χ3n) is 4.59. The van der Waals surface area contributed by atoms with Crippen LogP contribution in [-0.2, 0) is 0 Å². The normalized spacial score (nSPS) is 19.6. The topological polar surface area (TPSA) is 77.5 Å². The lowest BCUT2D eigenvalue weighted by Crippen LogP contribution is -2.50. The van der Waals surface area contributed by atoms with Crippen LogP contribution in [0, 0.1) is 18.6 Å². The lowest BCUT2D eigenvalue weighted by atomic mass is 10.0. The van der Waals surface area contributed by atoms with Crippen LogP contribution in [0.2, 0.25) is 0 Å². The first-order valence-corrected chi connectivity index (χ1v) is 9.81. The summed E-state index contributed by atoms with van der Waals surface area (Å²) in [6.07, 6.45) is 0.312. The maximum Gasteiger partial charge on any atom is 0.257 e. The molecule has 1 aliphatic heterocycles. The van der Waals surface area contributed by atoms with Gasteiger partial charge in [0.05, 0.1) is 0 Å². The van der Waals surface area contributed by atoms with Gasteiger partial charge in [0, 0.05) is 23.6 Å². The molecule has 0 saturated carbocycles. The van der Waals surface area contributed by atoms with Crippen molar-refractivity contribution in [1.82, 2.24) is 21.5 Å². The molecular weight excluding hydrogens is 388 g/mol. The van der Waals surface area contributed by atoms with Crippen LogP contribution in [0.15, 0.2) is 47.5 Å². The van der Waals surface area contributed by atoms with Crippen molar-refractivity contribution in [1.29, 1.82) is 0 Å². The van der Waals surface area contributed by atoms with Crippen LogP contribution in [0.5, 0.6) is 0 Å². The van der Waals surface area contributed by atoms with E-state index in [1.165, 1.54) is 30.3 Å². The first-order chi connectivity index (χ1) is 14.1. The number of hydrogen-bond donors (Lipinski definition) is 4. The fraction of sp³-hybridized carbons (Fsp3) is 0.364. The number of nitrogens with zero attached hydrogens (tertiary/aromatic N) is 1. The number of aliphatic imine (C=N–C) groups is 1. The number of amides is 1. The van der Waals surface area contributed by atoms with Crippen LogP contribution in [0.1, 0.15) is 54.7 Å². The number of aryl methyl sites for hydroxylation is 1. The summed E-state index contributed by atoms with van der Waals surface area (Å²) in [4.78, 5) is 17.3. The number of carbonyl (C=O) groups excluding carboxylic acids is 1. The summed E-state index contributed by atoms with van der Waals surface area (Å²) in [6, 6.07) is 10.5. The highest BCUT2D eigenvalue weighted by Crippen LogP contribution is 2.23. The number of guanidine groups is 1. The number of hydrazine groups is 1. The fourth-order valence-corrected chi connectivity index (χ4v) is 3.11. The summed E-state index contributed by atoms with van der Waals surface area (Å²) in [5.41, 5.74) is 7.59. The second-order valence-corrected chi connectivity index (χ2v) is 8.42. The predicted octanol–water partition coefficient (Wildman–Crippen LogP) is 3.31. The van der Waals surface area contributed by atoms with E-state index >= 15 is 0 Å². The van der Waals surface area contributed by atoms with E-state index in [0.29, 0.717) is 23.5 Å². The number of carbonyl (C=O) groups is 1. The molecule has 3 rings (SSSR count). The Morgan fingerprint density at radius 3 is 2.43 bits per heavy atom. The molecule has 0 aliphatic carbocycles. The summed E-state index contributed by atoms with van der Waals surface area (Å²) in [6.45, 7) is 7.48. The lowest BCUT2D eigenvalue weighted by Gasteiger charge is -2.24. The number of rotatable bonds is 3. The van der Waals surface area contributed by atoms with Crippen LogP contribution >= 0.6 is 0 Å². The largest absolute Gasteiger partial charge is 0.351 e. The van der Waals surface area contributed by atoms with Crippen molar-refractivity contribution in [2.75, 3.05) is 0 Å². The van der Waals surface area contributed by atoms with Gasteiger partial charge < -0.3 is 5.32 Å². The molecule has 1 fully saturated rings. The van der Waals surface area contributed by atoms with Crippen molar-refractivity contribution in [3.8, 4) is 0 Å². The van der Waals surface area contributed by atoms with Gasteiger partial charge in [-0.2, -0.15) is 0 Å². The van der Waals surface area contributed by atoms with E-state index in [4.69, 9.17) is 0 Å². The molecule has 1 saturated heterocycles. The fourth-order valence-electron chi connectivity index (χ4n) is 3.11. The van der Waals surface area contributed by atoms with Gasteiger partial charge in [-0.05, 0) is 69.2 Å². The molecule has 6 nitrogen and oxygen atoms in total. The summed E-state index contributed by atoms with van der Waals surface area (Å²) in [5, 5.41) is 5.98. The Kier molecular flexibility index (Phi) is 6.48. The quantitative estimate of drug-likeness (QED) is 0.458. The minimum absolute atomic E-state index is 0.0364. The highest BCUT2D eigenvalue weighted by atomic mass is 19.1. The van der Waals surface area contributed by atoms with Gasteiger partial charge in [0.1, 0.15) is 17.8 Å². The molecule has 2 atom stereocenters. The van der Waals surface area contributed by atoms with E-state index in [1.807, 2.05) is 20.8 Å². The molecule has 8 heteroatoms. The minimum atomic E-state index is -0.380. The Balaban J connectivity index is 1.74. The zero-order valence-electron chi connectivity index (χ0n) is 17.5. The van der Waals surface area contributed by atoms with Crippen molar-refractivity contribution in [3.63, 3.8) is 0 Å². The summed E-state index contributed by atoms with van der Waals surface area (Å²) >= 11 is 0. The molecule has 2 aromatic rings. The number of nitrogens with one attached hydrogen (secondary N) is 4. The lowest BCUT2D eigenvalue weighted by molar-refractivity contribution is 0.0975. The summed E-state index contributed by atoms with van der Waals surface area (Å²) < 4.78 is 26.7. The molecule has 0 spiro atoms. The van der Waals surface area contributed by atoms with Gasteiger partial charge >= 0.3 is 0 Å². The Labute approximate surface area is 175 Å². The minimum Gasteiger partial charge on any atom is -0.351 e. The van der Waals surface area contributed by atoms with Gasteiger partial charge in [0.15, 0.2) is 5.96 Å². The summed E-state index contributed by atoms with van der Waals surface area (Å²) in [7, 11) is 0. The monoisotopic (exact) mass is 415 g/mol. The molecule has 30 heavy (non-hydrogen) atoms. The van der Waals surface area contributed by atoms with Gasteiger partial charge in [-0.25, -0.2) is 24.6 Å². The van der Waals surface area contributed by atoms with Crippen LogP contribution in [0.3, 0.4) is 0 Å². The van der Waals surface area contributed by atoms with Crippen molar-refractivity contribution < 1.29 is 13.6 Å².